The first kappa shape index (κ1) is 25.6. The molecule has 4 aromatic rings. The summed E-state index contributed by atoms with van der Waals surface area (Å²) in [6, 6.07) is 25.1. The van der Waals surface area contributed by atoms with Gasteiger partial charge in [0.25, 0.3) is 0 Å². The number of benzene rings is 3. The van der Waals surface area contributed by atoms with Crippen LogP contribution < -0.4 is 10.1 Å². The maximum absolute atomic E-state index is 13.6. The first-order chi connectivity index (χ1) is 18.5. The molecule has 1 aliphatic rings. The minimum Gasteiger partial charge on any atom is -0.489 e. The van der Waals surface area contributed by atoms with Crippen molar-refractivity contribution >= 4 is 23.7 Å². The number of thioether (sulfide) groups is 1. The first-order valence-electron chi connectivity index (χ1n) is 12.6. The highest BCUT2D eigenvalue weighted by Crippen LogP contribution is 2.40. The maximum Gasteiger partial charge on any atom is 0.338 e. The average molecular weight is 527 g/mol. The lowest BCUT2D eigenvalue weighted by atomic mass is 9.95. The van der Waals surface area contributed by atoms with Crippen molar-refractivity contribution in [3.05, 3.63) is 112 Å². The van der Waals surface area contributed by atoms with E-state index in [-0.39, 0.29) is 6.61 Å². The van der Waals surface area contributed by atoms with Crippen LogP contribution in [0.5, 0.6) is 5.75 Å². The molecule has 0 aliphatic carbocycles. The molecule has 5 rings (SSSR count). The van der Waals surface area contributed by atoms with E-state index in [9.17, 15) is 4.79 Å². The van der Waals surface area contributed by atoms with Crippen molar-refractivity contribution in [2.75, 3.05) is 11.1 Å². The smallest absolute Gasteiger partial charge is 0.338 e. The van der Waals surface area contributed by atoms with Crippen LogP contribution in [0.4, 0.5) is 5.95 Å². The largest absolute Gasteiger partial charge is 0.489 e. The number of anilines is 1. The topological polar surface area (TPSA) is 78.3 Å². The molecule has 0 bridgehead atoms. The van der Waals surface area contributed by atoms with E-state index >= 15 is 0 Å². The molecule has 0 fully saturated rings. The number of nitrogens with one attached hydrogen (secondary N) is 1. The quantitative estimate of drug-likeness (QED) is 0.202. The molecule has 0 amide bonds. The van der Waals surface area contributed by atoms with Gasteiger partial charge in [-0.1, -0.05) is 97.0 Å². The number of allylic oxidation sites excluding steroid dienone is 1. The zero-order valence-electron chi connectivity index (χ0n) is 21.7. The number of carbonyl (C=O) groups is 1. The molecule has 1 unspecified atom stereocenters. The second kappa shape index (κ2) is 11.6. The lowest BCUT2D eigenvalue weighted by Crippen LogP contribution is -2.30. The molecule has 2 heterocycles. The van der Waals surface area contributed by atoms with E-state index in [0.717, 1.165) is 22.4 Å². The summed E-state index contributed by atoms with van der Waals surface area (Å²) in [6.45, 7) is 6.56. The molecular formula is C30H30N4O3S. The molecular weight excluding hydrogens is 496 g/mol. The summed E-state index contributed by atoms with van der Waals surface area (Å²) in [6.07, 6.45) is 0. The van der Waals surface area contributed by atoms with Crippen LogP contribution in [0.15, 0.2) is 95.3 Å². The highest BCUT2D eigenvalue weighted by molar-refractivity contribution is 7.99. The summed E-state index contributed by atoms with van der Waals surface area (Å²) in [5.41, 5.74) is 5.14. The van der Waals surface area contributed by atoms with Crippen LogP contribution in [0.3, 0.4) is 0 Å². The first-order valence-corrected chi connectivity index (χ1v) is 13.6. The van der Waals surface area contributed by atoms with E-state index < -0.39 is 12.0 Å². The molecule has 1 aliphatic heterocycles. The van der Waals surface area contributed by atoms with Crippen LogP contribution in [-0.4, -0.2) is 26.5 Å². The van der Waals surface area contributed by atoms with Gasteiger partial charge in [0.15, 0.2) is 0 Å². The lowest BCUT2D eigenvalue weighted by molar-refractivity contribution is -0.140. The van der Waals surface area contributed by atoms with Crippen molar-refractivity contribution in [2.45, 2.75) is 45.2 Å². The van der Waals surface area contributed by atoms with Crippen LogP contribution in [-0.2, 0) is 22.7 Å². The van der Waals surface area contributed by atoms with Gasteiger partial charge in [0.05, 0.1) is 5.57 Å². The zero-order valence-corrected chi connectivity index (χ0v) is 22.5. The van der Waals surface area contributed by atoms with Crippen molar-refractivity contribution in [1.29, 1.82) is 0 Å². The van der Waals surface area contributed by atoms with Crippen molar-refractivity contribution in [2.24, 2.45) is 0 Å². The van der Waals surface area contributed by atoms with Crippen LogP contribution in [0, 0.1) is 6.92 Å². The summed E-state index contributed by atoms with van der Waals surface area (Å²) in [4.78, 5) is 18.3. The number of ether oxygens (including phenoxy) is 2. The van der Waals surface area contributed by atoms with Gasteiger partial charge < -0.3 is 14.8 Å². The monoisotopic (exact) mass is 526 g/mol. The van der Waals surface area contributed by atoms with E-state index in [0.29, 0.717) is 34.7 Å². The fourth-order valence-electron chi connectivity index (χ4n) is 4.36. The van der Waals surface area contributed by atoms with Gasteiger partial charge in [-0.2, -0.15) is 4.98 Å². The van der Waals surface area contributed by atoms with Crippen LogP contribution in [0.25, 0.3) is 0 Å². The van der Waals surface area contributed by atoms with E-state index in [1.54, 1.807) is 16.4 Å². The molecule has 0 saturated heterocycles. The lowest BCUT2D eigenvalue weighted by Gasteiger charge is -2.29. The number of rotatable bonds is 9. The molecule has 7 nitrogen and oxygen atoms in total. The molecule has 0 saturated carbocycles. The van der Waals surface area contributed by atoms with E-state index in [1.807, 2.05) is 61.5 Å². The van der Waals surface area contributed by atoms with Gasteiger partial charge >= 0.3 is 5.97 Å². The number of carbonyl (C=O) groups excluding carboxylic acids is 1. The predicted molar refractivity (Wildman–Crippen MR) is 149 cm³/mol. The van der Waals surface area contributed by atoms with Crippen molar-refractivity contribution in [1.82, 2.24) is 14.8 Å². The fraction of sp³-hybridized carbons (Fsp3) is 0.233. The third-order valence-electron chi connectivity index (χ3n) is 6.27. The standard InChI is InChI=1S/C30H30N4O3S/c1-4-38-30-32-29-31-21(3)26(28(35)37-19-22-10-6-5-7-11-22)27(34(29)33-30)24-12-8-9-13-25(24)36-18-23-16-14-20(2)15-17-23/h5-17,27H,4,18-19H2,1-3H3,(H,31,32,33). The third kappa shape index (κ3) is 5.60. The Labute approximate surface area is 226 Å². The molecule has 1 aromatic heterocycles. The van der Waals surface area contributed by atoms with Crippen molar-refractivity contribution in [3.8, 4) is 5.75 Å². The SMILES string of the molecule is CCSc1nc2n(n1)C(c1ccccc1OCc1ccc(C)cc1)C(C(=O)OCc1ccccc1)=C(C)N2. The van der Waals surface area contributed by atoms with Gasteiger partial charge in [0.2, 0.25) is 11.1 Å². The molecule has 1 N–H and O–H groups in total. The second-order valence-electron chi connectivity index (χ2n) is 9.04. The number of hydrogen-bond donors (Lipinski definition) is 1. The third-order valence-corrected chi connectivity index (χ3v) is 6.99. The maximum atomic E-state index is 13.6. The van der Waals surface area contributed by atoms with Gasteiger partial charge in [-0.05, 0) is 36.8 Å². The number of nitrogens with zero attached hydrogens (tertiary/aromatic N) is 3. The Morgan fingerprint density at radius 3 is 2.42 bits per heavy atom. The van der Waals surface area contributed by atoms with Gasteiger partial charge in [0.1, 0.15) is 25.0 Å². The van der Waals surface area contributed by atoms with Gasteiger partial charge in [-0.3, -0.25) is 0 Å². The fourth-order valence-corrected chi connectivity index (χ4v) is 4.91. The van der Waals surface area contributed by atoms with Crippen LogP contribution in [0.2, 0.25) is 0 Å². The average Bonchev–Trinajstić information content (AvgIpc) is 3.33. The van der Waals surface area contributed by atoms with Crippen molar-refractivity contribution < 1.29 is 14.3 Å². The van der Waals surface area contributed by atoms with Crippen LogP contribution >= 0.6 is 11.8 Å². The number of aromatic nitrogens is 3. The van der Waals surface area contributed by atoms with Gasteiger partial charge in [0, 0.05) is 11.3 Å². The molecule has 38 heavy (non-hydrogen) atoms. The number of para-hydroxylation sites is 1. The van der Waals surface area contributed by atoms with Gasteiger partial charge in [-0.25, -0.2) is 9.48 Å². The summed E-state index contributed by atoms with van der Waals surface area (Å²) < 4.78 is 13.9. The Kier molecular flexibility index (Phi) is 7.79. The molecule has 0 radical (unpaired) electrons. The highest BCUT2D eigenvalue weighted by Gasteiger charge is 2.37. The normalized spacial score (nSPS) is 14.6. The number of aryl methyl sites for hydroxylation is 1. The molecule has 3 aromatic carbocycles. The number of esters is 1. The Bertz CT molecular complexity index is 1450. The summed E-state index contributed by atoms with van der Waals surface area (Å²) in [5.74, 6) is 1.68. The Balaban J connectivity index is 1.50. The summed E-state index contributed by atoms with van der Waals surface area (Å²) in [7, 11) is 0. The van der Waals surface area contributed by atoms with Gasteiger partial charge in [-0.15, -0.1) is 5.10 Å². The minimum absolute atomic E-state index is 0.176. The zero-order chi connectivity index (χ0) is 26.5. The number of fused-ring (bicyclic) bond motifs is 1. The molecule has 8 heteroatoms. The summed E-state index contributed by atoms with van der Waals surface area (Å²) in [5, 5.41) is 8.67. The molecule has 0 spiro atoms. The molecule has 194 valence electrons. The second-order valence-corrected chi connectivity index (χ2v) is 10.3. The highest BCUT2D eigenvalue weighted by atomic mass is 32.2. The minimum atomic E-state index is -0.567. The number of hydrogen-bond acceptors (Lipinski definition) is 7. The van der Waals surface area contributed by atoms with E-state index in [1.165, 1.54) is 5.56 Å². The van der Waals surface area contributed by atoms with E-state index in [4.69, 9.17) is 14.6 Å². The van der Waals surface area contributed by atoms with Crippen molar-refractivity contribution in [3.63, 3.8) is 0 Å². The molecule has 1 atom stereocenters. The predicted octanol–water partition coefficient (Wildman–Crippen LogP) is 6.31. The van der Waals surface area contributed by atoms with Crippen LogP contribution in [0.1, 0.15) is 42.1 Å². The Hall–Kier alpha value is -4.04. The Morgan fingerprint density at radius 1 is 0.947 bits per heavy atom. The van der Waals surface area contributed by atoms with E-state index in [2.05, 4.69) is 48.4 Å². The Morgan fingerprint density at radius 2 is 1.66 bits per heavy atom. The summed E-state index contributed by atoms with van der Waals surface area (Å²) >= 11 is 1.55.